The molecule has 0 atom stereocenters. The molecule has 0 spiro atoms. The Labute approximate surface area is 149 Å². The van der Waals surface area contributed by atoms with Gasteiger partial charge in [0, 0.05) is 31.7 Å². The Morgan fingerprint density at radius 2 is 1.38 bits per heavy atom. The van der Waals surface area contributed by atoms with Crippen LogP contribution in [-0.2, 0) is 0 Å². The first-order valence-corrected chi connectivity index (χ1v) is 8.17. The highest BCUT2D eigenvalue weighted by Gasteiger charge is 2.27. The van der Waals surface area contributed by atoms with Crippen molar-refractivity contribution in [1.82, 2.24) is 9.80 Å². The van der Waals surface area contributed by atoms with E-state index in [1.165, 1.54) is 43.5 Å². The Morgan fingerprint density at radius 1 is 0.846 bits per heavy atom. The van der Waals surface area contributed by atoms with Crippen molar-refractivity contribution in [3.8, 4) is 5.75 Å². The predicted molar refractivity (Wildman–Crippen MR) is 91.2 cm³/mol. The largest absolute Gasteiger partial charge is 0.496 e. The molecule has 0 saturated carbocycles. The van der Waals surface area contributed by atoms with Gasteiger partial charge < -0.3 is 14.5 Å². The van der Waals surface area contributed by atoms with Crippen molar-refractivity contribution in [1.29, 1.82) is 0 Å². The third-order valence-corrected chi connectivity index (χ3v) is 4.34. The summed E-state index contributed by atoms with van der Waals surface area (Å²) in [7, 11) is 1.42. The summed E-state index contributed by atoms with van der Waals surface area (Å²) in [5.41, 5.74) is 0.559. The van der Waals surface area contributed by atoms with Crippen molar-refractivity contribution >= 4 is 11.8 Å². The lowest BCUT2D eigenvalue weighted by atomic mass is 10.1. The first-order valence-electron chi connectivity index (χ1n) is 8.17. The van der Waals surface area contributed by atoms with E-state index in [9.17, 15) is 18.4 Å². The van der Waals surface area contributed by atoms with Crippen molar-refractivity contribution in [3.05, 3.63) is 65.2 Å². The molecule has 2 aromatic carbocycles. The lowest BCUT2D eigenvalue weighted by molar-refractivity contribution is 0.0533. The molecule has 5 nitrogen and oxygen atoms in total. The first-order chi connectivity index (χ1) is 12.5. The molecule has 1 heterocycles. The van der Waals surface area contributed by atoms with Gasteiger partial charge in [-0.05, 0) is 42.5 Å². The van der Waals surface area contributed by atoms with Gasteiger partial charge in [0.2, 0.25) is 0 Å². The molecule has 7 heteroatoms. The molecular weight excluding hydrogens is 342 g/mol. The lowest BCUT2D eigenvalue weighted by Crippen LogP contribution is -2.50. The van der Waals surface area contributed by atoms with Gasteiger partial charge in [-0.15, -0.1) is 0 Å². The third kappa shape index (κ3) is 3.66. The van der Waals surface area contributed by atoms with E-state index in [0.29, 0.717) is 37.5 Å². The fourth-order valence-corrected chi connectivity index (χ4v) is 2.91. The number of carbonyl (C=O) groups is 2. The standard InChI is InChI=1S/C19H18F2N2O3/c1-26-17-7-6-15(21)12-16(17)19(25)23-10-8-22(9-11-23)18(24)13-2-4-14(20)5-3-13/h2-7,12H,8-11H2,1H3. The zero-order valence-electron chi connectivity index (χ0n) is 14.2. The predicted octanol–water partition coefficient (Wildman–Crippen LogP) is 2.57. The SMILES string of the molecule is COc1ccc(F)cc1C(=O)N1CCN(C(=O)c2ccc(F)cc2)CC1. The first kappa shape index (κ1) is 17.8. The van der Waals surface area contributed by atoms with Crippen molar-refractivity contribution in [2.24, 2.45) is 0 Å². The van der Waals surface area contributed by atoms with Crippen LogP contribution in [0.3, 0.4) is 0 Å². The minimum absolute atomic E-state index is 0.158. The molecular formula is C19H18F2N2O3. The van der Waals surface area contributed by atoms with Crippen LogP contribution in [0.25, 0.3) is 0 Å². The highest BCUT2D eigenvalue weighted by molar-refractivity contribution is 5.97. The van der Waals surface area contributed by atoms with Crippen molar-refractivity contribution in [2.75, 3.05) is 33.3 Å². The van der Waals surface area contributed by atoms with Crippen LogP contribution >= 0.6 is 0 Å². The van der Waals surface area contributed by atoms with E-state index in [2.05, 4.69) is 0 Å². The number of rotatable bonds is 3. The third-order valence-electron chi connectivity index (χ3n) is 4.34. The lowest BCUT2D eigenvalue weighted by Gasteiger charge is -2.35. The number of piperazine rings is 1. The number of amides is 2. The van der Waals surface area contributed by atoms with Gasteiger partial charge in [0.15, 0.2) is 0 Å². The number of hydrogen-bond acceptors (Lipinski definition) is 3. The molecule has 2 aromatic rings. The molecule has 2 amide bonds. The highest BCUT2D eigenvalue weighted by Crippen LogP contribution is 2.22. The molecule has 0 aliphatic carbocycles. The number of halogens is 2. The van der Waals surface area contributed by atoms with E-state index in [4.69, 9.17) is 4.74 Å². The van der Waals surface area contributed by atoms with Crippen LogP contribution in [0, 0.1) is 11.6 Å². The van der Waals surface area contributed by atoms with Crippen LogP contribution < -0.4 is 4.74 Å². The highest BCUT2D eigenvalue weighted by atomic mass is 19.1. The molecule has 136 valence electrons. The van der Waals surface area contributed by atoms with Gasteiger partial charge in [0.25, 0.3) is 11.8 Å². The van der Waals surface area contributed by atoms with E-state index < -0.39 is 11.6 Å². The Balaban J connectivity index is 1.66. The maximum Gasteiger partial charge on any atom is 0.257 e. The van der Waals surface area contributed by atoms with Gasteiger partial charge in [-0.3, -0.25) is 9.59 Å². The van der Waals surface area contributed by atoms with Gasteiger partial charge in [-0.1, -0.05) is 0 Å². The maximum atomic E-state index is 13.5. The van der Waals surface area contributed by atoms with Gasteiger partial charge in [0.05, 0.1) is 12.7 Å². The summed E-state index contributed by atoms with van der Waals surface area (Å²) in [4.78, 5) is 28.3. The molecule has 0 radical (unpaired) electrons. The minimum atomic E-state index is -0.515. The number of ether oxygens (including phenoxy) is 1. The number of benzene rings is 2. The van der Waals surface area contributed by atoms with Crippen molar-refractivity contribution in [2.45, 2.75) is 0 Å². The van der Waals surface area contributed by atoms with Crippen molar-refractivity contribution in [3.63, 3.8) is 0 Å². The second-order valence-corrected chi connectivity index (χ2v) is 5.94. The molecule has 0 N–H and O–H groups in total. The Hall–Kier alpha value is -2.96. The summed E-state index contributed by atoms with van der Waals surface area (Å²) in [5, 5.41) is 0. The summed E-state index contributed by atoms with van der Waals surface area (Å²) in [6.45, 7) is 1.34. The summed E-state index contributed by atoms with van der Waals surface area (Å²) in [5.74, 6) is -1.16. The van der Waals surface area contributed by atoms with Gasteiger partial charge >= 0.3 is 0 Å². The summed E-state index contributed by atoms with van der Waals surface area (Å²) >= 11 is 0. The molecule has 0 aromatic heterocycles. The van der Waals surface area contributed by atoms with Crippen molar-refractivity contribution < 1.29 is 23.1 Å². The van der Waals surface area contributed by atoms with Crippen LogP contribution in [-0.4, -0.2) is 54.9 Å². The van der Waals surface area contributed by atoms with Gasteiger partial charge in [0.1, 0.15) is 17.4 Å². The van der Waals surface area contributed by atoms with E-state index in [-0.39, 0.29) is 17.4 Å². The monoisotopic (exact) mass is 360 g/mol. The van der Waals surface area contributed by atoms with E-state index in [0.717, 1.165) is 6.07 Å². The van der Waals surface area contributed by atoms with Crippen LogP contribution in [0.5, 0.6) is 5.75 Å². The Bertz CT molecular complexity index is 816. The van der Waals surface area contributed by atoms with Gasteiger partial charge in [-0.25, -0.2) is 8.78 Å². The second kappa shape index (κ2) is 7.51. The molecule has 26 heavy (non-hydrogen) atoms. The topological polar surface area (TPSA) is 49.9 Å². The van der Waals surface area contributed by atoms with Crippen LogP contribution in [0.4, 0.5) is 8.78 Å². The molecule has 1 fully saturated rings. The number of carbonyl (C=O) groups excluding carboxylic acids is 2. The smallest absolute Gasteiger partial charge is 0.257 e. The van der Waals surface area contributed by atoms with E-state index in [1.54, 1.807) is 9.80 Å². The maximum absolute atomic E-state index is 13.5. The zero-order valence-corrected chi connectivity index (χ0v) is 14.2. The molecule has 0 unspecified atom stereocenters. The van der Waals surface area contributed by atoms with Crippen LogP contribution in [0.1, 0.15) is 20.7 Å². The number of nitrogens with zero attached hydrogens (tertiary/aromatic N) is 2. The molecule has 0 bridgehead atoms. The molecule has 1 saturated heterocycles. The quantitative estimate of drug-likeness (QED) is 0.845. The molecule has 1 aliphatic rings. The normalized spacial score (nSPS) is 14.3. The number of hydrogen-bond donors (Lipinski definition) is 0. The summed E-state index contributed by atoms with van der Waals surface area (Å²) < 4.78 is 31.6. The second-order valence-electron chi connectivity index (χ2n) is 5.94. The molecule has 1 aliphatic heterocycles. The zero-order chi connectivity index (χ0) is 18.7. The Kier molecular flexibility index (Phi) is 5.16. The average molecular weight is 360 g/mol. The fraction of sp³-hybridized carbons (Fsp3) is 0.263. The fourth-order valence-electron chi connectivity index (χ4n) is 2.91. The summed E-state index contributed by atoms with van der Waals surface area (Å²) in [6, 6.07) is 9.15. The van der Waals surface area contributed by atoms with E-state index in [1.807, 2.05) is 0 Å². The van der Waals surface area contributed by atoms with Gasteiger partial charge in [-0.2, -0.15) is 0 Å². The minimum Gasteiger partial charge on any atom is -0.496 e. The summed E-state index contributed by atoms with van der Waals surface area (Å²) in [6.07, 6.45) is 0. The number of methoxy groups -OCH3 is 1. The Morgan fingerprint density at radius 3 is 1.96 bits per heavy atom. The average Bonchev–Trinajstić information content (AvgIpc) is 2.67. The van der Waals surface area contributed by atoms with Crippen LogP contribution in [0.2, 0.25) is 0 Å². The van der Waals surface area contributed by atoms with Crippen LogP contribution in [0.15, 0.2) is 42.5 Å². The molecule has 3 rings (SSSR count). The van der Waals surface area contributed by atoms with E-state index >= 15 is 0 Å².